The van der Waals surface area contributed by atoms with Gasteiger partial charge in [0.2, 0.25) is 0 Å². The number of nitrogens with one attached hydrogen (secondary N) is 1. The first-order valence-electron chi connectivity index (χ1n) is 6.66. The average Bonchev–Trinajstić information content (AvgIpc) is 2.47. The van der Waals surface area contributed by atoms with Crippen LogP contribution in [0.3, 0.4) is 0 Å². The molecule has 0 radical (unpaired) electrons. The second-order valence-corrected chi connectivity index (χ2v) is 5.51. The van der Waals surface area contributed by atoms with Crippen LogP contribution in [0.15, 0.2) is 36.4 Å². The van der Waals surface area contributed by atoms with Crippen LogP contribution < -0.4 is 5.32 Å². The summed E-state index contributed by atoms with van der Waals surface area (Å²) in [7, 11) is 0. The van der Waals surface area contributed by atoms with E-state index in [-0.39, 0.29) is 5.02 Å². The van der Waals surface area contributed by atoms with Crippen molar-refractivity contribution in [2.45, 2.75) is 19.4 Å². The molecule has 2 aromatic rings. The van der Waals surface area contributed by atoms with Crippen molar-refractivity contribution in [1.29, 1.82) is 0 Å². The molecule has 21 heavy (non-hydrogen) atoms. The van der Waals surface area contributed by atoms with Crippen molar-refractivity contribution in [3.63, 3.8) is 0 Å². The van der Waals surface area contributed by atoms with Gasteiger partial charge in [0.25, 0.3) is 0 Å². The van der Waals surface area contributed by atoms with E-state index in [0.717, 1.165) is 6.42 Å². The van der Waals surface area contributed by atoms with Gasteiger partial charge in [0, 0.05) is 10.6 Å². The molecule has 0 fully saturated rings. The van der Waals surface area contributed by atoms with Crippen LogP contribution in [0.4, 0.5) is 8.78 Å². The molecule has 0 aliphatic carbocycles. The van der Waals surface area contributed by atoms with Gasteiger partial charge in [-0.05, 0) is 42.8 Å². The van der Waals surface area contributed by atoms with Crippen LogP contribution in [0.1, 0.15) is 30.5 Å². The number of hydrogen-bond acceptors (Lipinski definition) is 1. The fourth-order valence-electron chi connectivity index (χ4n) is 2.16. The standard InChI is InChI=1S/C16H15Cl2F2N/c1-2-8-21-16(11-4-3-5-14(18)15(11)20)12-9-10(19)6-7-13(12)17/h3-7,9,16,21H,2,8H2,1H3. The van der Waals surface area contributed by atoms with Crippen LogP contribution >= 0.6 is 23.2 Å². The number of halogens is 4. The highest BCUT2D eigenvalue weighted by molar-refractivity contribution is 6.31. The van der Waals surface area contributed by atoms with Gasteiger partial charge in [-0.2, -0.15) is 0 Å². The van der Waals surface area contributed by atoms with E-state index in [1.165, 1.54) is 24.3 Å². The zero-order chi connectivity index (χ0) is 15.4. The van der Waals surface area contributed by atoms with E-state index < -0.39 is 17.7 Å². The van der Waals surface area contributed by atoms with Crippen LogP contribution in [0.2, 0.25) is 10.0 Å². The lowest BCUT2D eigenvalue weighted by Gasteiger charge is -2.21. The molecule has 0 aromatic heterocycles. The summed E-state index contributed by atoms with van der Waals surface area (Å²) >= 11 is 12.0. The summed E-state index contributed by atoms with van der Waals surface area (Å²) in [6, 6.07) is 8.27. The highest BCUT2D eigenvalue weighted by atomic mass is 35.5. The summed E-state index contributed by atoms with van der Waals surface area (Å²) in [4.78, 5) is 0. The summed E-state index contributed by atoms with van der Waals surface area (Å²) in [6.45, 7) is 2.63. The SMILES string of the molecule is CCCNC(c1cc(F)ccc1Cl)c1cccc(Cl)c1F. The van der Waals surface area contributed by atoms with Crippen molar-refractivity contribution in [3.05, 3.63) is 69.2 Å². The lowest BCUT2D eigenvalue weighted by molar-refractivity contribution is 0.543. The highest BCUT2D eigenvalue weighted by Crippen LogP contribution is 2.32. The molecule has 0 aliphatic heterocycles. The van der Waals surface area contributed by atoms with Crippen molar-refractivity contribution in [2.75, 3.05) is 6.54 Å². The van der Waals surface area contributed by atoms with Gasteiger partial charge in [-0.3, -0.25) is 0 Å². The van der Waals surface area contributed by atoms with Gasteiger partial charge in [-0.1, -0.05) is 42.3 Å². The Morgan fingerprint density at radius 2 is 1.81 bits per heavy atom. The van der Waals surface area contributed by atoms with E-state index in [1.807, 2.05) is 6.92 Å². The van der Waals surface area contributed by atoms with Gasteiger partial charge in [0.1, 0.15) is 11.6 Å². The normalized spacial score (nSPS) is 12.4. The quantitative estimate of drug-likeness (QED) is 0.778. The minimum Gasteiger partial charge on any atom is -0.306 e. The number of hydrogen-bond donors (Lipinski definition) is 1. The summed E-state index contributed by atoms with van der Waals surface area (Å²) < 4.78 is 27.8. The highest BCUT2D eigenvalue weighted by Gasteiger charge is 2.21. The molecule has 0 amide bonds. The molecular weight excluding hydrogens is 315 g/mol. The third-order valence-electron chi connectivity index (χ3n) is 3.16. The van der Waals surface area contributed by atoms with Gasteiger partial charge in [-0.15, -0.1) is 0 Å². The maximum Gasteiger partial charge on any atom is 0.146 e. The van der Waals surface area contributed by atoms with Gasteiger partial charge >= 0.3 is 0 Å². The van der Waals surface area contributed by atoms with Gasteiger partial charge in [0.05, 0.1) is 11.1 Å². The lowest BCUT2D eigenvalue weighted by atomic mass is 9.97. The molecule has 1 nitrogen and oxygen atoms in total. The lowest BCUT2D eigenvalue weighted by Crippen LogP contribution is -2.24. The summed E-state index contributed by atoms with van der Waals surface area (Å²) in [6.07, 6.45) is 0.853. The number of rotatable bonds is 5. The third kappa shape index (κ3) is 3.73. The van der Waals surface area contributed by atoms with Crippen molar-refractivity contribution in [1.82, 2.24) is 5.32 Å². The summed E-state index contributed by atoms with van der Waals surface area (Å²) in [5, 5.41) is 3.60. The third-order valence-corrected chi connectivity index (χ3v) is 3.80. The molecule has 112 valence electrons. The Bertz CT molecular complexity index is 630. The average molecular weight is 330 g/mol. The first-order chi connectivity index (χ1) is 10.0. The van der Waals surface area contributed by atoms with Crippen molar-refractivity contribution in [2.24, 2.45) is 0 Å². The van der Waals surface area contributed by atoms with E-state index in [0.29, 0.717) is 22.7 Å². The summed E-state index contributed by atoms with van der Waals surface area (Å²) in [5.74, 6) is -0.937. The maximum absolute atomic E-state index is 14.3. The predicted molar refractivity (Wildman–Crippen MR) is 83.0 cm³/mol. The molecule has 2 aromatic carbocycles. The fourth-order valence-corrected chi connectivity index (χ4v) is 2.56. The van der Waals surface area contributed by atoms with Crippen LogP contribution in [-0.4, -0.2) is 6.54 Å². The maximum atomic E-state index is 14.3. The Morgan fingerprint density at radius 1 is 1.05 bits per heavy atom. The van der Waals surface area contributed by atoms with Crippen LogP contribution in [-0.2, 0) is 0 Å². The Kier molecular flexibility index (Phi) is 5.57. The zero-order valence-corrected chi connectivity index (χ0v) is 13.0. The van der Waals surface area contributed by atoms with E-state index >= 15 is 0 Å². The molecule has 1 unspecified atom stereocenters. The second kappa shape index (κ2) is 7.21. The Labute approximate surface area is 132 Å². The van der Waals surface area contributed by atoms with Gasteiger partial charge in [0.15, 0.2) is 0 Å². The largest absolute Gasteiger partial charge is 0.306 e. The first-order valence-corrected chi connectivity index (χ1v) is 7.42. The molecule has 0 aliphatic rings. The molecule has 0 spiro atoms. The minimum atomic E-state index is -0.549. The smallest absolute Gasteiger partial charge is 0.146 e. The molecule has 5 heteroatoms. The van der Waals surface area contributed by atoms with E-state index in [9.17, 15) is 8.78 Å². The topological polar surface area (TPSA) is 12.0 Å². The molecule has 0 bridgehead atoms. The molecule has 1 atom stereocenters. The Balaban J connectivity index is 2.52. The molecule has 0 saturated carbocycles. The minimum absolute atomic E-state index is 0.0309. The van der Waals surface area contributed by atoms with Gasteiger partial charge in [-0.25, -0.2) is 8.78 Å². The number of benzene rings is 2. The van der Waals surface area contributed by atoms with E-state index in [4.69, 9.17) is 23.2 Å². The predicted octanol–water partition coefficient (Wildman–Crippen LogP) is 5.36. The molecule has 0 saturated heterocycles. The van der Waals surface area contributed by atoms with Crippen LogP contribution in [0, 0.1) is 11.6 Å². The van der Waals surface area contributed by atoms with Crippen molar-refractivity contribution >= 4 is 23.2 Å². The van der Waals surface area contributed by atoms with Crippen molar-refractivity contribution < 1.29 is 8.78 Å². The molecule has 2 rings (SSSR count). The Morgan fingerprint density at radius 3 is 2.52 bits per heavy atom. The summed E-state index contributed by atoms with van der Waals surface area (Å²) in [5.41, 5.74) is 0.842. The fraction of sp³-hybridized carbons (Fsp3) is 0.250. The van der Waals surface area contributed by atoms with E-state index in [2.05, 4.69) is 5.32 Å². The molecular formula is C16H15Cl2F2N. The molecule has 1 N–H and O–H groups in total. The Hall–Kier alpha value is -1.16. The second-order valence-electron chi connectivity index (χ2n) is 4.70. The van der Waals surface area contributed by atoms with Gasteiger partial charge < -0.3 is 5.32 Å². The molecule has 0 heterocycles. The first kappa shape index (κ1) is 16.2. The zero-order valence-electron chi connectivity index (χ0n) is 11.5. The van der Waals surface area contributed by atoms with Crippen LogP contribution in [0.5, 0.6) is 0 Å². The van der Waals surface area contributed by atoms with E-state index in [1.54, 1.807) is 12.1 Å². The monoisotopic (exact) mass is 329 g/mol. The van der Waals surface area contributed by atoms with Crippen molar-refractivity contribution in [3.8, 4) is 0 Å². The van der Waals surface area contributed by atoms with Crippen LogP contribution in [0.25, 0.3) is 0 Å².